The third-order valence-corrected chi connectivity index (χ3v) is 3.86. The zero-order valence-corrected chi connectivity index (χ0v) is 14.3. The summed E-state index contributed by atoms with van der Waals surface area (Å²) in [5.41, 5.74) is 0.865. The Bertz CT molecular complexity index is 676. The minimum absolute atomic E-state index is 0.0704. The lowest BCUT2D eigenvalue weighted by Crippen LogP contribution is -2.19. The molecule has 0 radical (unpaired) electrons. The van der Waals surface area contributed by atoms with Crippen molar-refractivity contribution in [1.82, 2.24) is 0 Å². The van der Waals surface area contributed by atoms with E-state index in [1.807, 2.05) is 0 Å². The van der Waals surface area contributed by atoms with Crippen molar-refractivity contribution in [2.24, 2.45) is 11.8 Å². The Hall–Kier alpha value is -2.33. The van der Waals surface area contributed by atoms with Crippen LogP contribution in [0.4, 0.5) is 0 Å². The SMILES string of the molecule is CC(C)COc1ccc([C@@H](O)[C@@H](C)C(=O)c2ccccc2O)cc1. The van der Waals surface area contributed by atoms with E-state index in [-0.39, 0.29) is 17.1 Å². The van der Waals surface area contributed by atoms with Crippen LogP contribution in [-0.4, -0.2) is 22.6 Å². The minimum atomic E-state index is -0.948. The molecule has 0 spiro atoms. The number of aliphatic hydroxyl groups excluding tert-OH is 1. The highest BCUT2D eigenvalue weighted by Crippen LogP contribution is 2.29. The molecule has 0 bridgehead atoms. The number of aromatic hydroxyl groups is 1. The van der Waals surface area contributed by atoms with E-state index in [9.17, 15) is 15.0 Å². The fraction of sp³-hybridized carbons (Fsp3) is 0.350. The molecule has 4 heteroatoms. The Morgan fingerprint density at radius 2 is 1.67 bits per heavy atom. The Balaban J connectivity index is 2.08. The van der Waals surface area contributed by atoms with Crippen molar-refractivity contribution in [2.75, 3.05) is 6.61 Å². The predicted octanol–water partition coefficient (Wildman–Crippen LogP) is 3.98. The van der Waals surface area contributed by atoms with Gasteiger partial charge in [-0.3, -0.25) is 4.79 Å². The zero-order chi connectivity index (χ0) is 17.7. The Labute approximate surface area is 142 Å². The third-order valence-electron chi connectivity index (χ3n) is 3.86. The lowest BCUT2D eigenvalue weighted by atomic mass is 9.90. The summed E-state index contributed by atoms with van der Waals surface area (Å²) < 4.78 is 5.61. The van der Waals surface area contributed by atoms with Crippen LogP contribution in [0.3, 0.4) is 0 Å². The van der Waals surface area contributed by atoms with Crippen molar-refractivity contribution >= 4 is 5.78 Å². The first-order chi connectivity index (χ1) is 11.4. The minimum Gasteiger partial charge on any atom is -0.507 e. The van der Waals surface area contributed by atoms with E-state index in [2.05, 4.69) is 13.8 Å². The van der Waals surface area contributed by atoms with Crippen LogP contribution in [0.1, 0.15) is 42.8 Å². The molecule has 0 unspecified atom stereocenters. The second-order valence-electron chi connectivity index (χ2n) is 6.39. The molecule has 0 aromatic heterocycles. The Morgan fingerprint density at radius 3 is 2.25 bits per heavy atom. The van der Waals surface area contributed by atoms with Gasteiger partial charge in [0.15, 0.2) is 5.78 Å². The van der Waals surface area contributed by atoms with Crippen LogP contribution < -0.4 is 4.74 Å². The van der Waals surface area contributed by atoms with Gasteiger partial charge in [-0.25, -0.2) is 0 Å². The molecule has 0 aliphatic heterocycles. The van der Waals surface area contributed by atoms with Crippen LogP contribution in [0.25, 0.3) is 0 Å². The normalized spacial score (nSPS) is 13.5. The van der Waals surface area contributed by atoms with Crippen molar-refractivity contribution in [3.63, 3.8) is 0 Å². The van der Waals surface area contributed by atoms with Gasteiger partial charge in [-0.15, -0.1) is 0 Å². The number of carbonyl (C=O) groups excluding carboxylic acids is 1. The molecule has 0 aliphatic carbocycles. The van der Waals surface area contributed by atoms with E-state index in [4.69, 9.17) is 4.74 Å². The lowest BCUT2D eigenvalue weighted by molar-refractivity contribution is 0.0711. The molecule has 128 valence electrons. The lowest BCUT2D eigenvalue weighted by Gasteiger charge is -2.19. The average molecular weight is 328 g/mol. The van der Waals surface area contributed by atoms with Crippen LogP contribution in [0.5, 0.6) is 11.5 Å². The van der Waals surface area contributed by atoms with E-state index in [0.717, 1.165) is 5.75 Å². The topological polar surface area (TPSA) is 66.8 Å². The van der Waals surface area contributed by atoms with Crippen molar-refractivity contribution in [3.8, 4) is 11.5 Å². The van der Waals surface area contributed by atoms with Gasteiger partial charge in [0.2, 0.25) is 0 Å². The maximum absolute atomic E-state index is 12.5. The van der Waals surface area contributed by atoms with Gasteiger partial charge >= 0.3 is 0 Å². The van der Waals surface area contributed by atoms with Gasteiger partial charge in [0, 0.05) is 5.92 Å². The van der Waals surface area contributed by atoms with E-state index in [1.54, 1.807) is 49.4 Å². The number of para-hydroxylation sites is 1. The highest BCUT2D eigenvalue weighted by molar-refractivity contribution is 6.00. The van der Waals surface area contributed by atoms with Crippen molar-refractivity contribution in [2.45, 2.75) is 26.9 Å². The fourth-order valence-electron chi connectivity index (χ4n) is 2.38. The average Bonchev–Trinajstić information content (AvgIpc) is 2.59. The summed E-state index contributed by atoms with van der Waals surface area (Å²) in [5, 5.41) is 20.3. The van der Waals surface area contributed by atoms with Crippen molar-refractivity contribution in [1.29, 1.82) is 0 Å². The van der Waals surface area contributed by atoms with Gasteiger partial charge in [-0.05, 0) is 35.7 Å². The standard InChI is InChI=1S/C20H24O4/c1-13(2)12-24-16-10-8-15(9-11-16)19(22)14(3)20(23)17-6-4-5-7-18(17)21/h4-11,13-14,19,21-22H,12H2,1-3H3/t14-,19+/m1/s1. The van der Waals surface area contributed by atoms with Crippen LogP contribution in [-0.2, 0) is 0 Å². The van der Waals surface area contributed by atoms with E-state index in [0.29, 0.717) is 18.1 Å². The number of phenolic OH excluding ortho intramolecular Hbond substituents is 1. The molecule has 0 saturated carbocycles. The van der Waals surface area contributed by atoms with Crippen LogP contribution in [0.2, 0.25) is 0 Å². The van der Waals surface area contributed by atoms with E-state index < -0.39 is 12.0 Å². The molecule has 4 nitrogen and oxygen atoms in total. The highest BCUT2D eigenvalue weighted by Gasteiger charge is 2.26. The summed E-state index contributed by atoms with van der Waals surface area (Å²) >= 11 is 0. The molecule has 0 saturated heterocycles. The number of phenols is 1. The smallest absolute Gasteiger partial charge is 0.172 e. The third kappa shape index (κ3) is 4.36. The van der Waals surface area contributed by atoms with Crippen LogP contribution >= 0.6 is 0 Å². The first kappa shape index (κ1) is 18.0. The van der Waals surface area contributed by atoms with Gasteiger partial charge in [-0.2, -0.15) is 0 Å². The molecule has 24 heavy (non-hydrogen) atoms. The van der Waals surface area contributed by atoms with E-state index in [1.165, 1.54) is 6.07 Å². The molecule has 2 rings (SSSR count). The molecule has 2 atom stereocenters. The summed E-state index contributed by atoms with van der Waals surface area (Å²) in [6, 6.07) is 13.5. The quantitative estimate of drug-likeness (QED) is 0.755. The molecule has 2 N–H and O–H groups in total. The summed E-state index contributed by atoms with van der Waals surface area (Å²) in [6.45, 7) is 6.43. The highest BCUT2D eigenvalue weighted by atomic mass is 16.5. The number of rotatable bonds is 7. The summed E-state index contributed by atoms with van der Waals surface area (Å²) in [7, 11) is 0. The summed E-state index contributed by atoms with van der Waals surface area (Å²) in [6.07, 6.45) is -0.948. The second kappa shape index (κ2) is 7.97. The van der Waals surface area contributed by atoms with Gasteiger partial charge in [0.25, 0.3) is 0 Å². The molecular formula is C20H24O4. The monoisotopic (exact) mass is 328 g/mol. The number of Topliss-reactive ketones (excluding diaryl/α,β-unsaturated/α-hetero) is 1. The fourth-order valence-corrected chi connectivity index (χ4v) is 2.38. The predicted molar refractivity (Wildman–Crippen MR) is 93.3 cm³/mol. The Morgan fingerprint density at radius 1 is 1.04 bits per heavy atom. The number of ether oxygens (including phenoxy) is 1. The van der Waals surface area contributed by atoms with E-state index >= 15 is 0 Å². The maximum atomic E-state index is 12.5. The van der Waals surface area contributed by atoms with Crippen LogP contribution in [0, 0.1) is 11.8 Å². The first-order valence-electron chi connectivity index (χ1n) is 8.13. The number of aliphatic hydroxyl groups is 1. The van der Waals surface area contributed by atoms with Gasteiger partial charge in [0.1, 0.15) is 11.5 Å². The maximum Gasteiger partial charge on any atom is 0.172 e. The second-order valence-corrected chi connectivity index (χ2v) is 6.39. The number of carbonyl (C=O) groups is 1. The molecule has 0 aliphatic rings. The molecular weight excluding hydrogens is 304 g/mol. The van der Waals surface area contributed by atoms with Crippen LogP contribution in [0.15, 0.2) is 48.5 Å². The Kier molecular flexibility index (Phi) is 5.99. The van der Waals surface area contributed by atoms with Gasteiger partial charge in [0.05, 0.1) is 18.3 Å². The first-order valence-corrected chi connectivity index (χ1v) is 8.13. The molecule has 0 amide bonds. The molecule has 0 fully saturated rings. The van der Waals surface area contributed by atoms with Crippen molar-refractivity contribution in [3.05, 3.63) is 59.7 Å². The van der Waals surface area contributed by atoms with Gasteiger partial charge < -0.3 is 14.9 Å². The molecule has 0 heterocycles. The van der Waals surface area contributed by atoms with Crippen molar-refractivity contribution < 1.29 is 19.7 Å². The number of hydrogen-bond donors (Lipinski definition) is 2. The number of hydrogen-bond acceptors (Lipinski definition) is 4. The number of benzene rings is 2. The molecule has 2 aromatic carbocycles. The zero-order valence-electron chi connectivity index (χ0n) is 14.3. The largest absolute Gasteiger partial charge is 0.507 e. The molecule has 2 aromatic rings. The summed E-state index contributed by atoms with van der Waals surface area (Å²) in [5.74, 6) is 0.145. The summed E-state index contributed by atoms with van der Waals surface area (Å²) in [4.78, 5) is 12.5. The number of ketones is 1. The van der Waals surface area contributed by atoms with Gasteiger partial charge in [-0.1, -0.05) is 45.0 Å².